The van der Waals surface area contributed by atoms with Crippen molar-refractivity contribution in [3.8, 4) is 0 Å². The third-order valence-electron chi connectivity index (χ3n) is 6.95. The van der Waals surface area contributed by atoms with Crippen molar-refractivity contribution in [2.45, 2.75) is 45.4 Å². The van der Waals surface area contributed by atoms with Gasteiger partial charge < -0.3 is 15.4 Å². The Morgan fingerprint density at radius 2 is 1.81 bits per heavy atom. The number of carboxylic acids is 1. The summed E-state index contributed by atoms with van der Waals surface area (Å²) in [5, 5.41) is 19.7. The van der Waals surface area contributed by atoms with E-state index in [0.717, 1.165) is 0 Å². The van der Waals surface area contributed by atoms with Crippen molar-refractivity contribution >= 4 is 35.2 Å². The van der Waals surface area contributed by atoms with Gasteiger partial charge in [-0.3, -0.25) is 34.8 Å². The highest BCUT2D eigenvalue weighted by atomic mass is 16.4. The Labute approximate surface area is 187 Å². The molecule has 3 rings (SSSR count). The Morgan fingerprint density at radius 3 is 2.38 bits per heavy atom. The molecular weight excluding hydrogens is 414 g/mol. The molecule has 3 aliphatic heterocycles. The molecule has 0 spiro atoms. The molecular formula is C22H32N5O5+. The predicted octanol–water partition coefficient (Wildman–Crippen LogP) is 0.108. The Balaban J connectivity index is 1.51. The van der Waals surface area contributed by atoms with Gasteiger partial charge in [-0.2, -0.15) is 0 Å². The molecule has 3 saturated heterocycles. The van der Waals surface area contributed by atoms with Crippen LogP contribution in [0, 0.1) is 22.7 Å². The lowest BCUT2D eigenvalue weighted by Gasteiger charge is -2.38. The van der Waals surface area contributed by atoms with Crippen LogP contribution >= 0.6 is 0 Å². The van der Waals surface area contributed by atoms with Gasteiger partial charge in [-0.15, -0.1) is 0 Å². The second-order valence-electron chi connectivity index (χ2n) is 9.17. The predicted molar refractivity (Wildman–Crippen MR) is 116 cm³/mol. The fourth-order valence-electron chi connectivity index (χ4n) is 4.46. The summed E-state index contributed by atoms with van der Waals surface area (Å²) in [6.07, 6.45) is 5.90. The minimum absolute atomic E-state index is 0.0887. The van der Waals surface area contributed by atoms with Gasteiger partial charge in [-0.25, -0.2) is 0 Å². The van der Waals surface area contributed by atoms with Crippen LogP contribution in [-0.2, 0) is 19.2 Å². The van der Waals surface area contributed by atoms with Gasteiger partial charge in [0.2, 0.25) is 17.7 Å². The van der Waals surface area contributed by atoms with E-state index in [2.05, 4.69) is 5.32 Å². The number of piperidine rings is 3. The van der Waals surface area contributed by atoms with Crippen molar-refractivity contribution in [1.82, 2.24) is 10.2 Å². The number of nitrogens with zero attached hydrogens (tertiary/aromatic N) is 2. The molecule has 0 aliphatic carbocycles. The first-order valence-electron chi connectivity index (χ1n) is 11.1. The van der Waals surface area contributed by atoms with Crippen LogP contribution < -0.4 is 11.1 Å². The molecule has 174 valence electrons. The van der Waals surface area contributed by atoms with Crippen molar-refractivity contribution in [3.63, 3.8) is 0 Å². The fraction of sp³-hybridized carbons (Fsp3) is 0.636. The number of carbonyl (C=O) groups excluding carboxylic acids is 3. The number of hydrogen-bond acceptors (Lipinski definition) is 5. The van der Waals surface area contributed by atoms with Crippen LogP contribution in [-0.4, -0.2) is 76.0 Å². The highest BCUT2D eigenvalue weighted by Crippen LogP contribution is 2.32. The fourth-order valence-corrected chi connectivity index (χ4v) is 4.46. The van der Waals surface area contributed by atoms with Crippen molar-refractivity contribution in [3.05, 3.63) is 12.2 Å². The van der Waals surface area contributed by atoms with Gasteiger partial charge in [0.25, 0.3) is 5.84 Å². The summed E-state index contributed by atoms with van der Waals surface area (Å²) in [6, 6.07) is 0. The minimum atomic E-state index is -0.803. The molecule has 3 amide bonds. The van der Waals surface area contributed by atoms with Crippen molar-refractivity contribution in [1.29, 1.82) is 5.41 Å². The second kappa shape index (κ2) is 9.62. The molecule has 3 aliphatic rings. The SMILES string of the molecule is CC1(C(=O)O)CCN(C(=O)C2CC[N+](=C(N)/C=C\C(=N)C3CCC(=O)NC3=O)CC2)CC1. The molecule has 0 aromatic carbocycles. The number of allylic oxidation sites excluding steroid dienone is 1. The molecule has 10 nitrogen and oxygen atoms in total. The van der Waals surface area contributed by atoms with Gasteiger partial charge in [-0.05, 0) is 45.1 Å². The smallest absolute Gasteiger partial charge is 0.309 e. The number of amidine groups is 1. The van der Waals surface area contributed by atoms with Gasteiger partial charge >= 0.3 is 5.97 Å². The minimum Gasteiger partial charge on any atom is -0.481 e. The van der Waals surface area contributed by atoms with Gasteiger partial charge in [0.05, 0.1) is 24.4 Å². The van der Waals surface area contributed by atoms with Crippen LogP contribution in [0.5, 0.6) is 0 Å². The average molecular weight is 447 g/mol. The number of rotatable bonds is 5. The molecule has 0 saturated carbocycles. The lowest BCUT2D eigenvalue weighted by atomic mass is 9.80. The zero-order valence-corrected chi connectivity index (χ0v) is 18.4. The molecule has 1 unspecified atom stereocenters. The summed E-state index contributed by atoms with van der Waals surface area (Å²) in [5.74, 6) is -1.74. The summed E-state index contributed by atoms with van der Waals surface area (Å²) >= 11 is 0. The molecule has 1 atom stereocenters. The zero-order chi connectivity index (χ0) is 23.5. The first-order chi connectivity index (χ1) is 15.1. The largest absolute Gasteiger partial charge is 0.481 e. The molecule has 0 aromatic heterocycles. The highest BCUT2D eigenvalue weighted by Gasteiger charge is 2.39. The Kier molecular flexibility index (Phi) is 7.10. The number of aliphatic carboxylic acids is 1. The topological polar surface area (TPSA) is 157 Å². The van der Waals surface area contributed by atoms with Gasteiger partial charge in [0.1, 0.15) is 0 Å². The Hall–Kier alpha value is -3.04. The van der Waals surface area contributed by atoms with Crippen LogP contribution in [0.4, 0.5) is 0 Å². The number of amides is 3. The Bertz CT molecular complexity index is 875. The number of likely N-dealkylation sites (tertiary alicyclic amines) is 1. The van der Waals surface area contributed by atoms with Gasteiger partial charge in [-0.1, -0.05) is 0 Å². The van der Waals surface area contributed by atoms with E-state index in [-0.39, 0.29) is 29.9 Å². The van der Waals surface area contributed by atoms with E-state index in [1.165, 1.54) is 6.08 Å². The average Bonchev–Trinajstić information content (AvgIpc) is 2.77. The normalized spacial score (nSPS) is 26.0. The van der Waals surface area contributed by atoms with E-state index in [1.807, 2.05) is 4.58 Å². The number of carbonyl (C=O) groups is 4. The molecule has 3 heterocycles. The van der Waals surface area contributed by atoms with Crippen molar-refractivity contribution in [2.75, 3.05) is 26.2 Å². The summed E-state index contributed by atoms with van der Waals surface area (Å²) < 4.78 is 1.95. The number of imide groups is 1. The summed E-state index contributed by atoms with van der Waals surface area (Å²) in [4.78, 5) is 49.2. The lowest BCUT2D eigenvalue weighted by Crippen LogP contribution is -2.48. The maximum atomic E-state index is 12.9. The first kappa shape index (κ1) is 23.6. The monoisotopic (exact) mass is 446 g/mol. The third-order valence-corrected chi connectivity index (χ3v) is 6.95. The van der Waals surface area contributed by atoms with Crippen LogP contribution in [0.1, 0.15) is 45.4 Å². The van der Waals surface area contributed by atoms with Gasteiger partial charge in [0, 0.05) is 37.2 Å². The summed E-state index contributed by atoms with van der Waals surface area (Å²) in [6.45, 7) is 3.91. The number of hydrogen-bond donors (Lipinski definition) is 4. The maximum absolute atomic E-state index is 12.9. The number of nitrogens with two attached hydrogens (primary N) is 1. The molecule has 5 N–H and O–H groups in total. The standard InChI is InChI=1S/C22H31N5O5/c1-22(21(31)32)8-12-27(13-9-22)20(30)14-6-10-26(11-7-14)17(24)4-3-16(23)15-2-5-18(28)25-19(15)29/h3-4,14-15,23-24H,2,5-13H2,1H3,(H2,25,28,29,31,32)/p+1/b4-3-,23-16?. The quantitative estimate of drug-likeness (QED) is 0.203. The summed E-state index contributed by atoms with van der Waals surface area (Å²) in [5.41, 5.74) is 5.52. The number of carboxylic acid groups (broad SMARTS) is 1. The highest BCUT2D eigenvalue weighted by molar-refractivity contribution is 6.14. The molecule has 0 radical (unpaired) electrons. The van der Waals surface area contributed by atoms with Crippen molar-refractivity contribution in [2.24, 2.45) is 23.0 Å². The first-order valence-corrected chi connectivity index (χ1v) is 11.1. The van der Waals surface area contributed by atoms with E-state index in [0.29, 0.717) is 64.1 Å². The molecule has 0 bridgehead atoms. The van der Waals surface area contributed by atoms with Crippen LogP contribution in [0.25, 0.3) is 0 Å². The van der Waals surface area contributed by atoms with Crippen LogP contribution in [0.3, 0.4) is 0 Å². The maximum Gasteiger partial charge on any atom is 0.309 e. The van der Waals surface area contributed by atoms with E-state index in [4.69, 9.17) is 11.1 Å². The molecule has 10 heteroatoms. The second-order valence-corrected chi connectivity index (χ2v) is 9.17. The third kappa shape index (κ3) is 5.23. The zero-order valence-electron chi connectivity index (χ0n) is 18.4. The van der Waals surface area contributed by atoms with Gasteiger partial charge in [0.15, 0.2) is 0 Å². The van der Waals surface area contributed by atoms with E-state index in [1.54, 1.807) is 17.9 Å². The molecule has 32 heavy (non-hydrogen) atoms. The Morgan fingerprint density at radius 1 is 1.19 bits per heavy atom. The van der Waals surface area contributed by atoms with Crippen molar-refractivity contribution < 1.29 is 28.9 Å². The van der Waals surface area contributed by atoms with Crippen LogP contribution in [0.15, 0.2) is 12.2 Å². The van der Waals surface area contributed by atoms with E-state index in [9.17, 15) is 24.3 Å². The molecule has 0 aromatic rings. The lowest BCUT2D eigenvalue weighted by molar-refractivity contribution is -0.540. The molecule has 3 fully saturated rings. The summed E-state index contributed by atoms with van der Waals surface area (Å²) in [7, 11) is 0. The van der Waals surface area contributed by atoms with E-state index >= 15 is 0 Å². The number of nitrogens with one attached hydrogen (secondary N) is 2. The van der Waals surface area contributed by atoms with Crippen LogP contribution in [0.2, 0.25) is 0 Å². The van der Waals surface area contributed by atoms with E-state index < -0.39 is 23.2 Å².